The van der Waals surface area contributed by atoms with Gasteiger partial charge in [-0.1, -0.05) is 11.6 Å². The SMILES string of the molecule is COc1cc([C@H]2CC(=O)Oc3ccc4c(=O)c(Cl)coc4c32)cc(OC)c1OC. The fraction of sp³-hybridized carbons (Fsp3) is 0.238. The molecule has 1 atom stereocenters. The second-order valence-corrected chi connectivity index (χ2v) is 6.86. The first-order valence-electron chi connectivity index (χ1n) is 8.73. The monoisotopic (exact) mass is 416 g/mol. The average Bonchev–Trinajstić information content (AvgIpc) is 2.74. The van der Waals surface area contributed by atoms with Crippen LogP contribution in [0.2, 0.25) is 5.02 Å². The summed E-state index contributed by atoms with van der Waals surface area (Å²) < 4.78 is 27.3. The predicted molar refractivity (Wildman–Crippen MR) is 106 cm³/mol. The van der Waals surface area contributed by atoms with Crippen LogP contribution in [0.5, 0.6) is 23.0 Å². The molecule has 29 heavy (non-hydrogen) atoms. The Morgan fingerprint density at radius 2 is 1.72 bits per heavy atom. The number of hydrogen-bond donors (Lipinski definition) is 0. The second-order valence-electron chi connectivity index (χ2n) is 6.46. The molecule has 0 radical (unpaired) electrons. The lowest BCUT2D eigenvalue weighted by Gasteiger charge is -2.26. The summed E-state index contributed by atoms with van der Waals surface area (Å²) in [5, 5.41) is 0.293. The lowest BCUT2D eigenvalue weighted by Crippen LogP contribution is -2.22. The fourth-order valence-electron chi connectivity index (χ4n) is 3.62. The van der Waals surface area contributed by atoms with E-state index < -0.39 is 11.9 Å². The third kappa shape index (κ3) is 3.07. The molecular weight excluding hydrogens is 400 g/mol. The van der Waals surface area contributed by atoms with Crippen molar-refractivity contribution in [3.05, 3.63) is 56.9 Å². The van der Waals surface area contributed by atoms with Crippen molar-refractivity contribution < 1.29 is 28.2 Å². The van der Waals surface area contributed by atoms with Gasteiger partial charge in [0.1, 0.15) is 22.6 Å². The Hall–Kier alpha value is -3.19. The Morgan fingerprint density at radius 1 is 1.03 bits per heavy atom. The zero-order chi connectivity index (χ0) is 20.7. The summed E-state index contributed by atoms with van der Waals surface area (Å²) in [6, 6.07) is 6.65. The molecule has 3 aromatic rings. The number of methoxy groups -OCH3 is 3. The minimum atomic E-state index is -0.451. The number of fused-ring (bicyclic) bond motifs is 3. The molecule has 0 aliphatic carbocycles. The zero-order valence-corrected chi connectivity index (χ0v) is 16.7. The normalized spacial score (nSPS) is 15.6. The lowest BCUT2D eigenvalue weighted by atomic mass is 9.85. The molecular formula is C21H17ClO7. The van der Waals surface area contributed by atoms with E-state index in [1.807, 2.05) is 0 Å². The maximum absolute atomic E-state index is 12.4. The third-order valence-electron chi connectivity index (χ3n) is 4.93. The maximum Gasteiger partial charge on any atom is 0.312 e. The van der Waals surface area contributed by atoms with Gasteiger partial charge in [0.05, 0.1) is 33.1 Å². The van der Waals surface area contributed by atoms with E-state index in [4.69, 9.17) is 35.0 Å². The molecule has 0 saturated carbocycles. The molecule has 7 nitrogen and oxygen atoms in total. The van der Waals surface area contributed by atoms with Gasteiger partial charge < -0.3 is 23.4 Å². The van der Waals surface area contributed by atoms with Crippen LogP contribution in [0.3, 0.4) is 0 Å². The number of benzene rings is 2. The van der Waals surface area contributed by atoms with Crippen molar-refractivity contribution >= 4 is 28.5 Å². The van der Waals surface area contributed by atoms with Gasteiger partial charge in [0.2, 0.25) is 11.2 Å². The van der Waals surface area contributed by atoms with Crippen LogP contribution >= 0.6 is 11.6 Å². The highest BCUT2D eigenvalue weighted by Crippen LogP contribution is 2.47. The first kappa shape index (κ1) is 19.1. The topological polar surface area (TPSA) is 84.2 Å². The van der Waals surface area contributed by atoms with Crippen molar-refractivity contribution in [2.24, 2.45) is 0 Å². The smallest absolute Gasteiger partial charge is 0.312 e. The summed E-state index contributed by atoms with van der Waals surface area (Å²) in [6.45, 7) is 0. The van der Waals surface area contributed by atoms with Gasteiger partial charge in [0.25, 0.3) is 0 Å². The summed E-state index contributed by atoms with van der Waals surface area (Å²) in [5.41, 5.74) is 1.28. The number of halogens is 1. The lowest BCUT2D eigenvalue weighted by molar-refractivity contribution is -0.135. The molecule has 2 heterocycles. The molecule has 0 fully saturated rings. The molecule has 0 spiro atoms. The molecule has 1 aliphatic rings. The van der Waals surface area contributed by atoms with Gasteiger partial charge in [0.15, 0.2) is 11.5 Å². The molecule has 1 aromatic heterocycles. The molecule has 0 unspecified atom stereocenters. The van der Waals surface area contributed by atoms with Crippen molar-refractivity contribution in [1.29, 1.82) is 0 Å². The molecule has 4 rings (SSSR count). The van der Waals surface area contributed by atoms with E-state index in [1.54, 1.807) is 18.2 Å². The highest BCUT2D eigenvalue weighted by Gasteiger charge is 2.33. The van der Waals surface area contributed by atoms with Crippen LogP contribution < -0.4 is 24.4 Å². The quantitative estimate of drug-likeness (QED) is 0.471. The van der Waals surface area contributed by atoms with Crippen LogP contribution in [0.4, 0.5) is 0 Å². The average molecular weight is 417 g/mol. The number of hydrogen-bond acceptors (Lipinski definition) is 7. The van der Waals surface area contributed by atoms with Crippen molar-refractivity contribution in [3.63, 3.8) is 0 Å². The molecule has 0 amide bonds. The highest BCUT2D eigenvalue weighted by atomic mass is 35.5. The molecule has 150 valence electrons. The molecule has 1 aliphatic heterocycles. The number of ether oxygens (including phenoxy) is 4. The minimum absolute atomic E-state index is 0.0189. The Labute approximate surface area is 170 Å². The van der Waals surface area contributed by atoms with E-state index in [1.165, 1.54) is 33.7 Å². The van der Waals surface area contributed by atoms with Crippen LogP contribution in [0.25, 0.3) is 11.0 Å². The van der Waals surface area contributed by atoms with Gasteiger partial charge in [-0.15, -0.1) is 0 Å². The van der Waals surface area contributed by atoms with Crippen LogP contribution in [0.15, 0.2) is 39.7 Å². The van der Waals surface area contributed by atoms with Gasteiger partial charge in [-0.2, -0.15) is 0 Å². The number of carbonyl (C=O) groups excluding carboxylic acids is 1. The van der Waals surface area contributed by atoms with Crippen LogP contribution in [0.1, 0.15) is 23.5 Å². The van der Waals surface area contributed by atoms with E-state index >= 15 is 0 Å². The van der Waals surface area contributed by atoms with Crippen molar-refractivity contribution in [2.75, 3.05) is 21.3 Å². The maximum atomic E-state index is 12.4. The molecule has 0 saturated heterocycles. The summed E-state index contributed by atoms with van der Waals surface area (Å²) in [4.78, 5) is 24.7. The Bertz CT molecular complexity index is 1160. The van der Waals surface area contributed by atoms with Crippen molar-refractivity contribution in [1.82, 2.24) is 0 Å². The molecule has 2 aromatic carbocycles. The first-order valence-corrected chi connectivity index (χ1v) is 9.10. The van der Waals surface area contributed by atoms with Gasteiger partial charge in [-0.25, -0.2) is 0 Å². The highest BCUT2D eigenvalue weighted by molar-refractivity contribution is 6.30. The molecule has 0 N–H and O–H groups in total. The standard InChI is InChI=1S/C21H17ClO7/c1-25-15-6-10(7-16(26-2)21(15)27-3)12-8-17(23)29-14-5-4-11-19(24)13(22)9-28-20(11)18(12)14/h4-7,9,12H,8H2,1-3H3/t12-/m1/s1. The van der Waals surface area contributed by atoms with Crippen LogP contribution in [0, 0.1) is 0 Å². The van der Waals surface area contributed by atoms with Crippen molar-refractivity contribution in [2.45, 2.75) is 12.3 Å². The fourth-order valence-corrected chi connectivity index (χ4v) is 3.77. The van der Waals surface area contributed by atoms with E-state index in [0.29, 0.717) is 39.5 Å². The Balaban J connectivity index is 2.00. The third-order valence-corrected chi connectivity index (χ3v) is 5.19. The number of esters is 1. The summed E-state index contributed by atoms with van der Waals surface area (Å²) >= 11 is 5.92. The molecule has 0 bridgehead atoms. The van der Waals surface area contributed by atoms with Gasteiger partial charge >= 0.3 is 5.97 Å². The zero-order valence-electron chi connectivity index (χ0n) is 15.9. The summed E-state index contributed by atoms with van der Waals surface area (Å²) in [6.07, 6.45) is 1.24. The largest absolute Gasteiger partial charge is 0.493 e. The van der Waals surface area contributed by atoms with E-state index in [2.05, 4.69) is 0 Å². The van der Waals surface area contributed by atoms with Crippen LogP contribution in [-0.2, 0) is 4.79 Å². The predicted octanol–water partition coefficient (Wildman–Crippen LogP) is 3.91. The minimum Gasteiger partial charge on any atom is -0.493 e. The first-order chi connectivity index (χ1) is 14.0. The number of rotatable bonds is 4. The van der Waals surface area contributed by atoms with Crippen LogP contribution in [-0.4, -0.2) is 27.3 Å². The Morgan fingerprint density at radius 3 is 2.34 bits per heavy atom. The van der Waals surface area contributed by atoms with Gasteiger partial charge in [-0.3, -0.25) is 9.59 Å². The second kappa shape index (κ2) is 7.33. The van der Waals surface area contributed by atoms with E-state index in [-0.39, 0.29) is 16.9 Å². The van der Waals surface area contributed by atoms with Gasteiger partial charge in [-0.05, 0) is 29.8 Å². The summed E-state index contributed by atoms with van der Waals surface area (Å²) in [5.74, 6) is 0.825. The van der Waals surface area contributed by atoms with Gasteiger partial charge in [0, 0.05) is 11.5 Å². The van der Waals surface area contributed by atoms with Crippen molar-refractivity contribution in [3.8, 4) is 23.0 Å². The number of carbonyl (C=O) groups is 1. The molecule has 8 heteroatoms. The Kier molecular flexibility index (Phi) is 4.84. The van der Waals surface area contributed by atoms with E-state index in [9.17, 15) is 9.59 Å². The summed E-state index contributed by atoms with van der Waals surface area (Å²) in [7, 11) is 4.54. The van der Waals surface area contributed by atoms with E-state index in [0.717, 1.165) is 5.56 Å².